The van der Waals surface area contributed by atoms with Crippen molar-refractivity contribution in [2.45, 2.75) is 36.9 Å². The topological polar surface area (TPSA) is 127 Å². The molecule has 0 aromatic rings. The maximum Gasteiger partial charge on any atom is 0.333 e. The van der Waals surface area contributed by atoms with Crippen LogP contribution in [-0.4, -0.2) is 65.8 Å². The van der Waals surface area contributed by atoms with E-state index in [9.17, 15) is 22.8 Å². The summed E-state index contributed by atoms with van der Waals surface area (Å²) in [6, 6.07) is -1.34. The Kier molecular flexibility index (Phi) is 3.94. The molecule has 0 aliphatic carbocycles. The molecule has 2 rings (SSSR count). The molecule has 2 saturated heterocycles. The molecular weight excluding hydrogens is 318 g/mol. The number of β-lactam (4-membered cyclic amide) rings is 1. The van der Waals surface area contributed by atoms with Gasteiger partial charge in [0.1, 0.15) is 11.4 Å². The Bertz CT molecular complexity index is 625. The Morgan fingerprint density at radius 1 is 1.32 bits per heavy atom. The molecule has 1 N–H and O–H groups in total. The molecule has 0 unspecified atom stereocenters. The van der Waals surface area contributed by atoms with Crippen LogP contribution in [0.25, 0.3) is 0 Å². The number of fused-ring (bicyclic) bond motifs is 1. The van der Waals surface area contributed by atoms with Crippen LogP contribution in [0.4, 0.5) is 0 Å². The first kappa shape index (κ1) is 16.7. The zero-order valence-electron chi connectivity index (χ0n) is 12.3. The van der Waals surface area contributed by atoms with E-state index in [2.05, 4.69) is 4.74 Å². The summed E-state index contributed by atoms with van der Waals surface area (Å²) in [5.41, 5.74) is 0. The first-order chi connectivity index (χ1) is 10.1. The van der Waals surface area contributed by atoms with Gasteiger partial charge in [0.15, 0.2) is 9.84 Å². The highest BCUT2D eigenvalue weighted by molar-refractivity contribution is 7.93. The van der Waals surface area contributed by atoms with E-state index >= 15 is 0 Å². The molecule has 2 aliphatic rings. The number of carbonyl (C=O) groups is 3. The molecule has 2 heterocycles. The van der Waals surface area contributed by atoms with Crippen LogP contribution >= 0.6 is 0 Å². The highest BCUT2D eigenvalue weighted by atomic mass is 32.2. The second-order valence-electron chi connectivity index (χ2n) is 5.69. The fourth-order valence-electron chi connectivity index (χ4n) is 2.81. The zero-order chi connectivity index (χ0) is 16.9. The van der Waals surface area contributed by atoms with Crippen molar-refractivity contribution in [3.63, 3.8) is 0 Å². The van der Waals surface area contributed by atoms with Crippen LogP contribution in [0.15, 0.2) is 0 Å². The van der Waals surface area contributed by atoms with Gasteiger partial charge in [0.25, 0.3) is 0 Å². The van der Waals surface area contributed by atoms with E-state index in [-0.39, 0.29) is 0 Å². The van der Waals surface area contributed by atoms with Gasteiger partial charge in [0, 0.05) is 6.92 Å². The van der Waals surface area contributed by atoms with E-state index in [4.69, 9.17) is 9.84 Å². The number of carbonyl (C=O) groups excluding carboxylic acids is 3. The van der Waals surface area contributed by atoms with Gasteiger partial charge >= 0.3 is 11.9 Å². The van der Waals surface area contributed by atoms with Gasteiger partial charge in [0.05, 0.1) is 17.3 Å². The maximum atomic E-state index is 12.5. The lowest BCUT2D eigenvalue weighted by atomic mass is 9.92. The first-order valence-corrected chi connectivity index (χ1v) is 8.08. The smallest absolute Gasteiger partial charge is 0.333 e. The lowest BCUT2D eigenvalue weighted by molar-refractivity contribution is -0.178. The molecule has 0 bridgehead atoms. The van der Waals surface area contributed by atoms with Gasteiger partial charge in [0.2, 0.25) is 12.7 Å². The van der Waals surface area contributed by atoms with Gasteiger partial charge in [-0.05, 0) is 13.8 Å². The van der Waals surface area contributed by atoms with Gasteiger partial charge in [-0.15, -0.1) is 0 Å². The molecule has 0 aromatic carbocycles. The molecule has 0 radical (unpaired) electrons. The quantitative estimate of drug-likeness (QED) is 0.370. The molecule has 124 valence electrons. The highest BCUT2D eigenvalue weighted by Gasteiger charge is 2.72. The third-order valence-corrected chi connectivity index (χ3v) is 6.94. The summed E-state index contributed by atoms with van der Waals surface area (Å²) in [5.74, 6) is -3.31. The molecule has 0 spiro atoms. The SMILES string of the molecule is CC(=O)OCOC(=O)[C@@H]1N2C(=O)[C@@H](CO)[C@H]2S(=O)(=O)C1(C)C. The van der Waals surface area contributed by atoms with Crippen LogP contribution in [0.5, 0.6) is 0 Å². The summed E-state index contributed by atoms with van der Waals surface area (Å²) in [5, 5.41) is 7.92. The van der Waals surface area contributed by atoms with E-state index < -0.39 is 63.2 Å². The largest absolute Gasteiger partial charge is 0.428 e. The summed E-state index contributed by atoms with van der Waals surface area (Å²) in [6.45, 7) is 2.50. The second-order valence-corrected chi connectivity index (χ2v) is 8.32. The minimum Gasteiger partial charge on any atom is -0.428 e. The van der Waals surface area contributed by atoms with Crippen molar-refractivity contribution < 1.29 is 37.4 Å². The van der Waals surface area contributed by atoms with E-state index in [1.165, 1.54) is 13.8 Å². The predicted octanol–water partition coefficient (Wildman–Crippen LogP) is -1.60. The van der Waals surface area contributed by atoms with Gasteiger partial charge in [-0.2, -0.15) is 0 Å². The summed E-state index contributed by atoms with van der Waals surface area (Å²) in [6.07, 6.45) is 0. The average Bonchev–Trinajstić information content (AvgIpc) is 2.53. The Morgan fingerprint density at radius 3 is 2.41 bits per heavy atom. The minimum atomic E-state index is -3.86. The van der Waals surface area contributed by atoms with Crippen LogP contribution in [0.1, 0.15) is 20.8 Å². The van der Waals surface area contributed by atoms with Gasteiger partial charge in [-0.1, -0.05) is 0 Å². The van der Waals surface area contributed by atoms with Crippen LogP contribution in [-0.2, 0) is 33.7 Å². The van der Waals surface area contributed by atoms with Crippen molar-refractivity contribution in [3.8, 4) is 0 Å². The number of nitrogens with zero attached hydrogens (tertiary/aromatic N) is 1. The van der Waals surface area contributed by atoms with E-state index in [0.29, 0.717) is 0 Å². The van der Waals surface area contributed by atoms with Crippen LogP contribution in [0, 0.1) is 5.92 Å². The van der Waals surface area contributed by atoms with Crippen molar-refractivity contribution in [1.29, 1.82) is 0 Å². The number of ether oxygens (including phenoxy) is 2. The van der Waals surface area contributed by atoms with E-state index in [0.717, 1.165) is 11.8 Å². The van der Waals surface area contributed by atoms with E-state index in [1.807, 2.05) is 0 Å². The fraction of sp³-hybridized carbons (Fsp3) is 0.750. The third-order valence-electron chi connectivity index (χ3n) is 4.06. The number of rotatable bonds is 4. The summed E-state index contributed by atoms with van der Waals surface area (Å²) < 4.78 is 32.6. The van der Waals surface area contributed by atoms with Crippen LogP contribution < -0.4 is 0 Å². The molecule has 10 heteroatoms. The molecule has 0 saturated carbocycles. The Morgan fingerprint density at radius 2 is 1.91 bits per heavy atom. The molecule has 22 heavy (non-hydrogen) atoms. The fourth-order valence-corrected chi connectivity index (χ4v) is 5.11. The second kappa shape index (κ2) is 5.20. The van der Waals surface area contributed by atoms with Gasteiger partial charge in [-0.25, -0.2) is 13.2 Å². The molecule has 0 aromatic heterocycles. The number of sulfone groups is 1. The lowest BCUT2D eigenvalue weighted by Crippen LogP contribution is -2.64. The van der Waals surface area contributed by atoms with E-state index in [1.54, 1.807) is 0 Å². The molecule has 1 amide bonds. The number of esters is 2. The Balaban J connectivity index is 2.26. The number of aliphatic hydroxyl groups is 1. The Labute approximate surface area is 127 Å². The summed E-state index contributed by atoms with van der Waals surface area (Å²) in [7, 11) is -3.86. The summed E-state index contributed by atoms with van der Waals surface area (Å²) >= 11 is 0. The predicted molar refractivity (Wildman–Crippen MR) is 70.7 cm³/mol. The monoisotopic (exact) mass is 335 g/mol. The minimum absolute atomic E-state index is 0.607. The summed E-state index contributed by atoms with van der Waals surface area (Å²) in [4.78, 5) is 35.6. The number of hydrogen-bond donors (Lipinski definition) is 1. The van der Waals surface area contributed by atoms with Crippen LogP contribution in [0.3, 0.4) is 0 Å². The van der Waals surface area contributed by atoms with Crippen molar-refractivity contribution in [1.82, 2.24) is 4.90 Å². The average molecular weight is 335 g/mol. The zero-order valence-corrected chi connectivity index (χ0v) is 13.1. The Hall–Kier alpha value is -1.68. The third kappa shape index (κ3) is 2.09. The van der Waals surface area contributed by atoms with Crippen molar-refractivity contribution in [3.05, 3.63) is 0 Å². The molecule has 2 fully saturated rings. The molecular formula is C12H17NO8S. The highest BCUT2D eigenvalue weighted by Crippen LogP contribution is 2.48. The standard InChI is InChI=1S/C12H17NO8S/c1-6(15)20-5-21-11(17)8-12(2,3)22(18,19)10-7(4-14)9(16)13(8)10/h7-8,10,14H,4-5H2,1-3H3/t7-,8+,10-/m1/s1. The maximum absolute atomic E-state index is 12.5. The van der Waals surface area contributed by atoms with Gasteiger partial charge < -0.3 is 19.5 Å². The molecule has 2 aliphatic heterocycles. The molecule has 9 nitrogen and oxygen atoms in total. The van der Waals surface area contributed by atoms with Crippen molar-refractivity contribution >= 4 is 27.7 Å². The number of hydrogen-bond acceptors (Lipinski definition) is 8. The van der Waals surface area contributed by atoms with Gasteiger partial charge in [-0.3, -0.25) is 9.59 Å². The first-order valence-electron chi connectivity index (χ1n) is 6.53. The van der Waals surface area contributed by atoms with Crippen molar-refractivity contribution in [2.75, 3.05) is 13.4 Å². The number of aliphatic hydroxyl groups excluding tert-OH is 1. The molecule has 3 atom stereocenters. The normalized spacial score (nSPS) is 31.2. The number of amides is 1. The lowest BCUT2D eigenvalue weighted by Gasteiger charge is -2.42. The van der Waals surface area contributed by atoms with Crippen LogP contribution in [0.2, 0.25) is 0 Å². The van der Waals surface area contributed by atoms with Crippen molar-refractivity contribution in [2.24, 2.45) is 5.92 Å².